The minimum atomic E-state index is -2.80. The second-order valence-electron chi connectivity index (χ2n) is 13.9. The number of carbonyl (C=O) groups excluding carboxylic acids is 2. The van der Waals surface area contributed by atoms with Gasteiger partial charge in [0, 0.05) is 18.9 Å². The lowest BCUT2D eigenvalue weighted by Gasteiger charge is -2.15. The van der Waals surface area contributed by atoms with Gasteiger partial charge in [0.25, 0.3) is 11.9 Å². The highest BCUT2D eigenvalue weighted by molar-refractivity contribution is 6.41. The van der Waals surface area contributed by atoms with E-state index in [4.69, 9.17) is 11.4 Å². The van der Waals surface area contributed by atoms with Crippen molar-refractivity contribution < 1.29 is 21.0 Å². The molecule has 0 spiro atoms. The highest BCUT2D eigenvalue weighted by Gasteiger charge is 2.43. The van der Waals surface area contributed by atoms with Gasteiger partial charge in [-0.25, -0.2) is 0 Å². The predicted molar refractivity (Wildman–Crippen MR) is 193 cm³/mol. The van der Waals surface area contributed by atoms with Crippen LogP contribution in [0.4, 0.5) is 0 Å². The van der Waals surface area contributed by atoms with Gasteiger partial charge in [-0.3, -0.25) is 9.59 Å². The first-order valence-corrected chi connectivity index (χ1v) is 21.4. The van der Waals surface area contributed by atoms with Crippen LogP contribution in [-0.4, -0.2) is 33.2 Å². The first kappa shape index (κ1) is 44.4. The monoisotopic (exact) mass is 653 g/mol. The molecule has 266 valence electrons. The third kappa shape index (κ3) is 36.1. The van der Waals surface area contributed by atoms with E-state index in [1.807, 2.05) is 13.8 Å². The van der Waals surface area contributed by atoms with Gasteiger partial charge in [0.05, 0.1) is 0 Å². The molecule has 0 rings (SSSR count). The van der Waals surface area contributed by atoms with Gasteiger partial charge in [-0.15, -0.1) is 0 Å². The van der Waals surface area contributed by atoms with Gasteiger partial charge in [0.1, 0.15) is 0 Å². The maximum atomic E-state index is 12.4. The number of unbranched alkanes of at least 4 members (excludes halogenated alkanes) is 28. The Morgan fingerprint density at radius 3 is 0.844 bits per heavy atom. The van der Waals surface area contributed by atoms with Crippen molar-refractivity contribution in [3.05, 3.63) is 0 Å². The standard InChI is InChI=1S/2C18H36O2.C3H7O.Al/c2*1-2-3-4-5-6-7-8-9-10-11-12-13-14-15-16-17-18(19)20;1-3(2)4;/h2*2-17H2,1H3,(H,19,20);3H,1-2H3;/q;;-1;+3/p-2. The number of carbonyl (C=O) groups is 2. The molecular weight excluding hydrogens is 575 g/mol. The molecule has 0 fully saturated rings. The second-order valence-corrected chi connectivity index (χ2v) is 15.2. The maximum Gasteiger partial charge on any atom is 1.10 e. The number of hydrogen-bond donors (Lipinski definition) is 0. The highest BCUT2D eigenvalue weighted by Crippen LogP contribution is 2.16. The zero-order valence-corrected chi connectivity index (χ0v) is 32.0. The van der Waals surface area contributed by atoms with Gasteiger partial charge in [0.2, 0.25) is 0 Å². The zero-order valence-electron chi connectivity index (χ0n) is 30.8. The minimum absolute atomic E-state index is 0.140. The molecule has 0 radical (unpaired) electrons. The quantitative estimate of drug-likeness (QED) is 0.0498. The average molecular weight is 653 g/mol. The van der Waals surface area contributed by atoms with E-state index in [9.17, 15) is 9.59 Å². The predicted octanol–water partition coefficient (Wildman–Crippen LogP) is 13.0. The molecule has 0 aromatic rings. The first-order chi connectivity index (χ1) is 22.0. The van der Waals surface area contributed by atoms with Gasteiger partial charge in [-0.1, -0.05) is 194 Å². The van der Waals surface area contributed by atoms with E-state index in [0.29, 0.717) is 12.8 Å². The molecule has 0 bridgehead atoms. The summed E-state index contributed by atoms with van der Waals surface area (Å²) in [6.07, 6.45) is 39.5. The average Bonchev–Trinajstić information content (AvgIpc) is 3.00. The smallest absolute Gasteiger partial charge is 0.562 e. The van der Waals surface area contributed by atoms with Gasteiger partial charge in [-0.2, -0.15) is 0 Å². The summed E-state index contributed by atoms with van der Waals surface area (Å²) in [4.78, 5) is 24.8. The molecule has 0 aromatic heterocycles. The van der Waals surface area contributed by atoms with Crippen LogP contribution in [0.2, 0.25) is 0 Å². The molecule has 0 atom stereocenters. The number of hydrogen-bond acceptors (Lipinski definition) is 5. The molecule has 0 unspecified atom stereocenters. The van der Waals surface area contributed by atoms with Gasteiger partial charge < -0.3 is 11.4 Å². The third-order valence-corrected chi connectivity index (χ3v) is 10.5. The Hall–Kier alpha value is -0.568. The minimum Gasteiger partial charge on any atom is -0.562 e. The Morgan fingerprint density at radius 1 is 0.400 bits per heavy atom. The first-order valence-electron chi connectivity index (χ1n) is 20.0. The molecule has 0 amide bonds. The lowest BCUT2D eigenvalue weighted by Crippen LogP contribution is -2.34. The maximum absolute atomic E-state index is 12.4. The summed E-state index contributed by atoms with van der Waals surface area (Å²) < 4.78 is 16.7. The van der Waals surface area contributed by atoms with Crippen molar-refractivity contribution in [1.29, 1.82) is 0 Å². The van der Waals surface area contributed by atoms with Gasteiger partial charge in [0.15, 0.2) is 0 Å². The Balaban J connectivity index is 3.71. The van der Waals surface area contributed by atoms with E-state index < -0.39 is 15.1 Å². The van der Waals surface area contributed by atoms with Crippen LogP contribution in [0, 0.1) is 0 Å². The van der Waals surface area contributed by atoms with Crippen LogP contribution >= 0.6 is 0 Å². The fraction of sp³-hybridized carbons (Fsp3) is 0.949. The summed E-state index contributed by atoms with van der Waals surface area (Å²) in [5, 5.41) is 0. The van der Waals surface area contributed by atoms with Crippen molar-refractivity contribution in [2.75, 3.05) is 0 Å². The summed E-state index contributed by atoms with van der Waals surface area (Å²) in [5.41, 5.74) is 0. The van der Waals surface area contributed by atoms with Gasteiger partial charge in [-0.05, 0) is 26.7 Å². The SMILES string of the molecule is CCCCCCCCCCCCCCCCCC(=O)[O][Al]([O]C(=O)CCCCCCCCCCCCCCCCC)[O]C(C)C. The van der Waals surface area contributed by atoms with Crippen molar-refractivity contribution in [1.82, 2.24) is 0 Å². The lowest BCUT2D eigenvalue weighted by atomic mass is 10.0. The van der Waals surface area contributed by atoms with E-state index >= 15 is 0 Å². The van der Waals surface area contributed by atoms with Crippen molar-refractivity contribution in [2.24, 2.45) is 0 Å². The molecule has 0 N–H and O–H groups in total. The van der Waals surface area contributed by atoms with Crippen molar-refractivity contribution in [2.45, 2.75) is 239 Å². The Kier molecular flexibility index (Phi) is 35.8. The van der Waals surface area contributed by atoms with Gasteiger partial charge >= 0.3 is 15.1 Å². The van der Waals surface area contributed by atoms with Crippen molar-refractivity contribution >= 4 is 27.1 Å². The second kappa shape index (κ2) is 36.3. The third-order valence-electron chi connectivity index (χ3n) is 8.81. The number of rotatable bonds is 36. The van der Waals surface area contributed by atoms with E-state index in [1.165, 1.54) is 167 Å². The molecule has 6 heteroatoms. The summed E-state index contributed by atoms with van der Waals surface area (Å²) >= 11 is -2.80. The molecule has 0 aliphatic rings. The summed E-state index contributed by atoms with van der Waals surface area (Å²) in [6.45, 7) is 8.31. The summed E-state index contributed by atoms with van der Waals surface area (Å²) in [5.74, 6) is -0.580. The molecule has 45 heavy (non-hydrogen) atoms. The highest BCUT2D eigenvalue weighted by atomic mass is 27.3. The lowest BCUT2D eigenvalue weighted by molar-refractivity contribution is -0.144. The topological polar surface area (TPSA) is 61.8 Å². The fourth-order valence-corrected chi connectivity index (χ4v) is 7.18. The molecule has 0 aliphatic heterocycles. The Bertz CT molecular complexity index is 579. The largest absolute Gasteiger partial charge is 1.10 e. The fourth-order valence-electron chi connectivity index (χ4n) is 5.92. The van der Waals surface area contributed by atoms with Crippen molar-refractivity contribution in [3.8, 4) is 0 Å². The van der Waals surface area contributed by atoms with Crippen LogP contribution in [0.1, 0.15) is 233 Å². The Morgan fingerprint density at radius 2 is 0.622 bits per heavy atom. The summed E-state index contributed by atoms with van der Waals surface area (Å²) in [7, 11) is 0. The van der Waals surface area contributed by atoms with Crippen LogP contribution < -0.4 is 0 Å². The molecule has 0 heterocycles. The normalized spacial score (nSPS) is 11.3. The molecule has 5 nitrogen and oxygen atoms in total. The van der Waals surface area contributed by atoms with E-state index in [-0.39, 0.29) is 18.0 Å². The van der Waals surface area contributed by atoms with Crippen LogP contribution in [0.5, 0.6) is 0 Å². The molecular formula is C39H77AlO5. The van der Waals surface area contributed by atoms with E-state index in [0.717, 1.165) is 25.7 Å². The van der Waals surface area contributed by atoms with E-state index in [2.05, 4.69) is 13.8 Å². The van der Waals surface area contributed by atoms with Crippen molar-refractivity contribution in [3.63, 3.8) is 0 Å². The van der Waals surface area contributed by atoms with Crippen LogP contribution in [0.15, 0.2) is 0 Å². The van der Waals surface area contributed by atoms with Crippen LogP contribution in [-0.2, 0) is 21.0 Å². The van der Waals surface area contributed by atoms with E-state index in [1.54, 1.807) is 0 Å². The molecule has 0 saturated heterocycles. The van der Waals surface area contributed by atoms with Crippen LogP contribution in [0.25, 0.3) is 0 Å². The zero-order chi connectivity index (χ0) is 33.1. The molecule has 0 aliphatic carbocycles. The molecule has 0 saturated carbocycles. The summed E-state index contributed by atoms with van der Waals surface area (Å²) in [6, 6.07) is 0. The molecule has 0 aromatic carbocycles. The van der Waals surface area contributed by atoms with Crippen LogP contribution in [0.3, 0.4) is 0 Å². The Labute approximate surface area is 286 Å².